The van der Waals surface area contributed by atoms with Gasteiger partial charge in [0, 0.05) is 12.1 Å². The van der Waals surface area contributed by atoms with Gasteiger partial charge >= 0.3 is 0 Å². The molecule has 5 heteroatoms. The lowest BCUT2D eigenvalue weighted by molar-refractivity contribution is 0.102. The minimum absolute atomic E-state index is 0. The maximum Gasteiger partial charge on any atom is 0.255 e. The van der Waals surface area contributed by atoms with Gasteiger partial charge in [-0.3, -0.25) is 4.79 Å². The summed E-state index contributed by atoms with van der Waals surface area (Å²) in [6.07, 6.45) is 0. The Bertz CT molecular complexity index is 556. The number of nitrogens with one attached hydrogen (secondary N) is 1. The molecule has 100 valence electrons. The second-order valence-corrected chi connectivity index (χ2v) is 3.87. The number of aromatic hydroxyl groups is 1. The molecule has 0 aliphatic heterocycles. The molecule has 0 atom stereocenters. The zero-order valence-electron chi connectivity index (χ0n) is 10.2. The van der Waals surface area contributed by atoms with Gasteiger partial charge in [0.1, 0.15) is 5.75 Å². The van der Waals surface area contributed by atoms with Crippen molar-refractivity contribution in [1.29, 1.82) is 0 Å². The number of anilines is 1. The van der Waals surface area contributed by atoms with Crippen LogP contribution in [-0.2, 0) is 6.54 Å². The number of halogens is 1. The fourth-order valence-electron chi connectivity index (χ4n) is 1.57. The zero-order chi connectivity index (χ0) is 13.0. The van der Waals surface area contributed by atoms with Crippen molar-refractivity contribution in [2.24, 2.45) is 5.73 Å². The summed E-state index contributed by atoms with van der Waals surface area (Å²) in [6, 6.07) is 13.6. The van der Waals surface area contributed by atoms with Crippen molar-refractivity contribution in [2.75, 3.05) is 5.32 Å². The summed E-state index contributed by atoms with van der Waals surface area (Å²) in [5.41, 5.74) is 7.37. The van der Waals surface area contributed by atoms with Crippen molar-refractivity contribution in [3.63, 3.8) is 0 Å². The smallest absolute Gasteiger partial charge is 0.255 e. The lowest BCUT2D eigenvalue weighted by Gasteiger charge is -2.07. The van der Waals surface area contributed by atoms with Crippen LogP contribution in [0, 0.1) is 0 Å². The Kier molecular flexibility index (Phi) is 5.36. The highest BCUT2D eigenvalue weighted by atomic mass is 35.5. The molecular weight excluding hydrogens is 264 g/mol. The third kappa shape index (κ3) is 3.71. The molecule has 0 aromatic heterocycles. The lowest BCUT2D eigenvalue weighted by atomic mass is 10.1. The standard InChI is InChI=1S/C14H14N2O2.ClH/c15-9-10-5-7-11(8-6-10)14(18)16-12-3-1-2-4-13(12)17;/h1-8,17H,9,15H2,(H,16,18);1H. The average Bonchev–Trinajstić information content (AvgIpc) is 2.41. The molecular formula is C14H15ClN2O2. The van der Waals surface area contributed by atoms with Crippen molar-refractivity contribution in [2.45, 2.75) is 6.54 Å². The van der Waals surface area contributed by atoms with Gasteiger partial charge in [-0.1, -0.05) is 24.3 Å². The van der Waals surface area contributed by atoms with E-state index in [1.807, 2.05) is 0 Å². The molecule has 2 rings (SSSR count). The van der Waals surface area contributed by atoms with Crippen LogP contribution >= 0.6 is 12.4 Å². The quantitative estimate of drug-likeness (QED) is 0.755. The molecule has 2 aromatic carbocycles. The van der Waals surface area contributed by atoms with E-state index in [1.165, 1.54) is 6.07 Å². The number of hydrogen-bond acceptors (Lipinski definition) is 3. The first-order chi connectivity index (χ1) is 8.70. The number of carbonyl (C=O) groups excluding carboxylic acids is 1. The highest BCUT2D eigenvalue weighted by Crippen LogP contribution is 2.22. The second-order valence-electron chi connectivity index (χ2n) is 3.87. The van der Waals surface area contributed by atoms with E-state index >= 15 is 0 Å². The first-order valence-corrected chi connectivity index (χ1v) is 5.59. The van der Waals surface area contributed by atoms with Crippen molar-refractivity contribution in [1.82, 2.24) is 0 Å². The number of para-hydroxylation sites is 2. The van der Waals surface area contributed by atoms with Gasteiger partial charge < -0.3 is 16.2 Å². The first-order valence-electron chi connectivity index (χ1n) is 5.59. The molecule has 0 bridgehead atoms. The Morgan fingerprint density at radius 3 is 2.32 bits per heavy atom. The van der Waals surface area contributed by atoms with E-state index in [0.717, 1.165) is 5.56 Å². The van der Waals surface area contributed by atoms with Crippen LogP contribution in [0.1, 0.15) is 15.9 Å². The summed E-state index contributed by atoms with van der Waals surface area (Å²) in [5.74, 6) is -0.218. The number of nitrogens with two attached hydrogens (primary N) is 1. The van der Waals surface area contributed by atoms with Crippen molar-refractivity contribution < 1.29 is 9.90 Å². The zero-order valence-corrected chi connectivity index (χ0v) is 11.0. The number of amides is 1. The molecule has 0 saturated heterocycles. The van der Waals surface area contributed by atoms with Crippen LogP contribution in [0.5, 0.6) is 5.75 Å². The highest BCUT2D eigenvalue weighted by molar-refractivity contribution is 6.04. The van der Waals surface area contributed by atoms with E-state index in [9.17, 15) is 9.90 Å². The Morgan fingerprint density at radius 1 is 1.11 bits per heavy atom. The summed E-state index contributed by atoms with van der Waals surface area (Å²) in [5, 5.41) is 12.2. The minimum atomic E-state index is -0.264. The minimum Gasteiger partial charge on any atom is -0.506 e. The van der Waals surface area contributed by atoms with Crippen molar-refractivity contribution in [3.8, 4) is 5.75 Å². The number of phenolic OH excluding ortho intramolecular Hbond substituents is 1. The van der Waals surface area contributed by atoms with E-state index in [-0.39, 0.29) is 24.1 Å². The molecule has 0 aliphatic rings. The molecule has 4 N–H and O–H groups in total. The normalized spacial score (nSPS) is 9.53. The molecule has 4 nitrogen and oxygen atoms in total. The fraction of sp³-hybridized carbons (Fsp3) is 0.0714. The van der Waals surface area contributed by atoms with Gasteiger partial charge in [0.15, 0.2) is 0 Å². The van der Waals surface area contributed by atoms with Gasteiger partial charge in [-0.2, -0.15) is 0 Å². The predicted molar refractivity (Wildman–Crippen MR) is 77.6 cm³/mol. The van der Waals surface area contributed by atoms with Crippen LogP contribution in [-0.4, -0.2) is 11.0 Å². The van der Waals surface area contributed by atoms with Gasteiger partial charge in [0.25, 0.3) is 5.91 Å². The largest absolute Gasteiger partial charge is 0.506 e. The lowest BCUT2D eigenvalue weighted by Crippen LogP contribution is -2.12. The summed E-state index contributed by atoms with van der Waals surface area (Å²) < 4.78 is 0. The van der Waals surface area contributed by atoms with Crippen molar-refractivity contribution in [3.05, 3.63) is 59.7 Å². The second kappa shape index (κ2) is 6.78. The molecule has 0 saturated carbocycles. The Morgan fingerprint density at radius 2 is 1.74 bits per heavy atom. The summed E-state index contributed by atoms with van der Waals surface area (Å²) in [7, 11) is 0. The number of benzene rings is 2. The third-order valence-corrected chi connectivity index (χ3v) is 2.60. The third-order valence-electron chi connectivity index (χ3n) is 2.60. The Hall–Kier alpha value is -2.04. The van der Waals surface area contributed by atoms with Crippen LogP contribution in [0.25, 0.3) is 0 Å². The van der Waals surface area contributed by atoms with Crippen molar-refractivity contribution >= 4 is 24.0 Å². The summed E-state index contributed by atoms with van der Waals surface area (Å²) >= 11 is 0. The van der Waals surface area contributed by atoms with Gasteiger partial charge in [0.05, 0.1) is 5.69 Å². The average molecular weight is 279 g/mol. The molecule has 0 heterocycles. The molecule has 0 radical (unpaired) electrons. The van der Waals surface area contributed by atoms with Crippen LogP contribution in [0.3, 0.4) is 0 Å². The van der Waals surface area contributed by atoms with E-state index in [4.69, 9.17) is 5.73 Å². The number of phenols is 1. The maximum absolute atomic E-state index is 11.9. The highest BCUT2D eigenvalue weighted by Gasteiger charge is 2.07. The van der Waals surface area contributed by atoms with Crippen LogP contribution in [0.15, 0.2) is 48.5 Å². The number of hydrogen-bond donors (Lipinski definition) is 3. The maximum atomic E-state index is 11.9. The summed E-state index contributed by atoms with van der Waals surface area (Å²) in [4.78, 5) is 11.9. The van der Waals surface area contributed by atoms with E-state index in [1.54, 1.807) is 42.5 Å². The number of carbonyl (C=O) groups is 1. The molecule has 0 unspecified atom stereocenters. The predicted octanol–water partition coefficient (Wildman–Crippen LogP) is 2.53. The van der Waals surface area contributed by atoms with Crippen LogP contribution < -0.4 is 11.1 Å². The van der Waals surface area contributed by atoms with Gasteiger partial charge in [0.2, 0.25) is 0 Å². The fourth-order valence-corrected chi connectivity index (χ4v) is 1.57. The molecule has 2 aromatic rings. The van der Waals surface area contributed by atoms with E-state index in [0.29, 0.717) is 17.8 Å². The van der Waals surface area contributed by atoms with Crippen LogP contribution in [0.2, 0.25) is 0 Å². The summed E-state index contributed by atoms with van der Waals surface area (Å²) in [6.45, 7) is 0.446. The Balaban J connectivity index is 0.00000180. The topological polar surface area (TPSA) is 75.4 Å². The van der Waals surface area contributed by atoms with Gasteiger partial charge in [-0.05, 0) is 29.8 Å². The van der Waals surface area contributed by atoms with Gasteiger partial charge in [-0.25, -0.2) is 0 Å². The SMILES string of the molecule is Cl.NCc1ccc(C(=O)Nc2ccccc2O)cc1. The van der Waals surface area contributed by atoms with Crippen LogP contribution in [0.4, 0.5) is 5.69 Å². The van der Waals surface area contributed by atoms with Gasteiger partial charge in [-0.15, -0.1) is 12.4 Å². The molecule has 0 spiro atoms. The molecule has 19 heavy (non-hydrogen) atoms. The molecule has 1 amide bonds. The monoisotopic (exact) mass is 278 g/mol. The Labute approximate surface area is 117 Å². The molecule has 0 fully saturated rings. The van der Waals surface area contributed by atoms with E-state index in [2.05, 4.69) is 5.32 Å². The molecule has 0 aliphatic carbocycles. The first kappa shape index (κ1) is 15.0. The number of rotatable bonds is 3. The van der Waals surface area contributed by atoms with E-state index < -0.39 is 0 Å².